The summed E-state index contributed by atoms with van der Waals surface area (Å²) in [4.78, 5) is 0. The van der Waals surface area contributed by atoms with Crippen LogP contribution in [0.1, 0.15) is 5.69 Å². The number of hydrogen-bond acceptors (Lipinski definition) is 1. The van der Waals surface area contributed by atoms with Crippen molar-refractivity contribution >= 4 is 12.6 Å². The molecule has 0 aliphatic rings. The first-order valence-corrected chi connectivity index (χ1v) is 3.12. The molecule has 0 aromatic carbocycles. The monoisotopic (exact) mass is 202 g/mol. The van der Waals surface area contributed by atoms with Gasteiger partial charge in [-0.3, -0.25) is 0 Å². The van der Waals surface area contributed by atoms with Crippen molar-refractivity contribution in [3.8, 4) is 0 Å². The van der Waals surface area contributed by atoms with Crippen LogP contribution in [0.5, 0.6) is 0 Å². The first-order valence-electron chi connectivity index (χ1n) is 3.12. The first kappa shape index (κ1) is 12.7. The van der Waals surface area contributed by atoms with Gasteiger partial charge in [0.05, 0.1) is 5.69 Å². The Labute approximate surface area is 111 Å². The van der Waals surface area contributed by atoms with Crippen molar-refractivity contribution in [2.24, 2.45) is 7.05 Å². The van der Waals surface area contributed by atoms with Crippen LogP contribution >= 0.6 is 0 Å². The average Bonchev–Trinajstić information content (AvgIpc) is 2.08. The van der Waals surface area contributed by atoms with E-state index in [0.29, 0.717) is 5.69 Å². The van der Waals surface area contributed by atoms with E-state index in [-0.39, 0.29) is 51.4 Å². The Morgan fingerprint density at radius 2 is 1.92 bits per heavy atom. The summed E-state index contributed by atoms with van der Waals surface area (Å²) in [6, 6.07) is 1.04. The normalized spacial score (nSPS) is 11.1. The van der Waals surface area contributed by atoms with E-state index in [9.17, 15) is 12.9 Å². The van der Waals surface area contributed by atoms with Crippen LogP contribution in [0.4, 0.5) is 12.9 Å². The Bertz CT molecular complexity index is 270. The standard InChI is InChI=1S/C5H7BF3N2.K/c1-4-3-5(6(7,8)9)11(2)10-4;/h3H,1-2H3;/q-1;+1. The Hall–Kier alpha value is 0.701. The molecule has 1 aromatic rings. The van der Waals surface area contributed by atoms with Crippen molar-refractivity contribution in [1.29, 1.82) is 0 Å². The molecular weight excluding hydrogens is 195 g/mol. The minimum atomic E-state index is -4.91. The SMILES string of the molecule is Cc1cc([B-](F)(F)F)n(C)n1.[K+]. The molecule has 1 rings (SSSR count). The molecule has 0 saturated heterocycles. The summed E-state index contributed by atoms with van der Waals surface area (Å²) in [6.07, 6.45) is 0. The number of nitrogens with zero attached hydrogens (tertiary/aromatic N) is 2. The molecule has 0 spiro atoms. The van der Waals surface area contributed by atoms with Crippen molar-refractivity contribution < 1.29 is 64.3 Å². The summed E-state index contributed by atoms with van der Waals surface area (Å²) < 4.78 is 37.0. The van der Waals surface area contributed by atoms with E-state index < -0.39 is 12.6 Å². The molecule has 0 unspecified atom stereocenters. The maximum absolute atomic E-state index is 12.1. The third-order valence-electron chi connectivity index (χ3n) is 1.37. The maximum atomic E-state index is 12.1. The molecule has 1 heterocycles. The largest absolute Gasteiger partial charge is 1.00 e. The summed E-state index contributed by atoms with van der Waals surface area (Å²) >= 11 is 0. The number of aryl methyl sites for hydroxylation is 2. The van der Waals surface area contributed by atoms with Crippen molar-refractivity contribution in [2.75, 3.05) is 0 Å². The Morgan fingerprint density at radius 1 is 1.42 bits per heavy atom. The molecule has 0 atom stereocenters. The maximum Gasteiger partial charge on any atom is 1.00 e. The van der Waals surface area contributed by atoms with Gasteiger partial charge in [0.25, 0.3) is 0 Å². The second-order valence-corrected chi connectivity index (χ2v) is 2.41. The molecule has 0 fully saturated rings. The number of aromatic nitrogens is 2. The topological polar surface area (TPSA) is 17.8 Å². The van der Waals surface area contributed by atoms with Crippen molar-refractivity contribution in [3.05, 3.63) is 11.8 Å². The van der Waals surface area contributed by atoms with Crippen LogP contribution in [0.15, 0.2) is 6.07 Å². The number of hydrogen-bond donors (Lipinski definition) is 0. The van der Waals surface area contributed by atoms with E-state index in [1.807, 2.05) is 0 Å². The second-order valence-electron chi connectivity index (χ2n) is 2.41. The van der Waals surface area contributed by atoms with Crippen molar-refractivity contribution in [2.45, 2.75) is 6.92 Å². The Balaban J connectivity index is 0.00000121. The summed E-state index contributed by atoms with van der Waals surface area (Å²) in [5.41, 5.74) is -0.260. The average molecular weight is 202 g/mol. The molecule has 0 bridgehead atoms. The number of halogens is 3. The molecule has 0 aliphatic carbocycles. The molecule has 0 radical (unpaired) electrons. The molecule has 0 N–H and O–H groups in total. The van der Waals surface area contributed by atoms with E-state index in [0.717, 1.165) is 10.7 Å². The zero-order valence-corrected chi connectivity index (χ0v) is 10.3. The van der Waals surface area contributed by atoms with Crippen LogP contribution < -0.4 is 57.0 Å². The molecule has 1 aromatic heterocycles. The summed E-state index contributed by atoms with van der Waals surface area (Å²) in [5.74, 6) is 0. The van der Waals surface area contributed by atoms with Gasteiger partial charge >= 0.3 is 58.4 Å². The predicted molar refractivity (Wildman–Crippen MR) is 36.7 cm³/mol. The predicted octanol–water partition coefficient (Wildman–Crippen LogP) is -2.21. The van der Waals surface area contributed by atoms with Gasteiger partial charge in [-0.05, 0) is 18.6 Å². The molecular formula is C5H7BF3KN2. The Kier molecular flexibility index (Phi) is 4.53. The molecule has 0 aliphatic heterocycles. The van der Waals surface area contributed by atoms with Gasteiger partial charge in [-0.15, -0.1) is 0 Å². The third-order valence-corrected chi connectivity index (χ3v) is 1.37. The fourth-order valence-electron chi connectivity index (χ4n) is 0.937. The number of rotatable bonds is 1. The minimum absolute atomic E-state index is 0. The van der Waals surface area contributed by atoms with Gasteiger partial charge in [0.1, 0.15) is 0 Å². The smallest absolute Gasteiger partial charge is 0.444 e. The van der Waals surface area contributed by atoms with Crippen LogP contribution in [0.3, 0.4) is 0 Å². The third kappa shape index (κ3) is 2.88. The molecule has 62 valence electrons. The van der Waals surface area contributed by atoms with Crippen molar-refractivity contribution in [1.82, 2.24) is 9.78 Å². The summed E-state index contributed by atoms with van der Waals surface area (Å²) in [5, 5.41) is 3.59. The van der Waals surface area contributed by atoms with E-state index in [4.69, 9.17) is 0 Å². The molecule has 12 heavy (non-hydrogen) atoms. The van der Waals surface area contributed by atoms with Crippen LogP contribution in [0.25, 0.3) is 0 Å². The minimum Gasteiger partial charge on any atom is -0.444 e. The zero-order chi connectivity index (χ0) is 8.65. The quantitative estimate of drug-likeness (QED) is 0.472. The van der Waals surface area contributed by atoms with Crippen LogP contribution in [-0.4, -0.2) is 16.8 Å². The van der Waals surface area contributed by atoms with E-state index in [2.05, 4.69) is 5.10 Å². The van der Waals surface area contributed by atoms with Gasteiger partial charge in [-0.2, -0.15) is 5.10 Å². The zero-order valence-electron chi connectivity index (χ0n) is 7.18. The van der Waals surface area contributed by atoms with E-state index >= 15 is 0 Å². The fraction of sp³-hybridized carbons (Fsp3) is 0.400. The van der Waals surface area contributed by atoms with E-state index in [1.54, 1.807) is 0 Å². The van der Waals surface area contributed by atoms with Crippen LogP contribution in [0.2, 0.25) is 0 Å². The van der Waals surface area contributed by atoms with Crippen molar-refractivity contribution in [3.63, 3.8) is 0 Å². The summed E-state index contributed by atoms with van der Waals surface area (Å²) in [6.45, 7) is -3.38. The second kappa shape index (κ2) is 4.28. The van der Waals surface area contributed by atoms with Gasteiger partial charge in [-0.1, -0.05) is 0 Å². The first-order chi connectivity index (χ1) is 4.91. The van der Waals surface area contributed by atoms with E-state index in [1.165, 1.54) is 14.0 Å². The molecule has 2 nitrogen and oxygen atoms in total. The van der Waals surface area contributed by atoms with Crippen LogP contribution in [-0.2, 0) is 7.05 Å². The molecule has 0 saturated carbocycles. The molecule has 7 heteroatoms. The van der Waals surface area contributed by atoms with Gasteiger partial charge < -0.3 is 17.6 Å². The van der Waals surface area contributed by atoms with Crippen LogP contribution in [0, 0.1) is 6.92 Å². The van der Waals surface area contributed by atoms with Gasteiger partial charge in [0.15, 0.2) is 0 Å². The van der Waals surface area contributed by atoms with Gasteiger partial charge in [0, 0.05) is 7.05 Å². The fourth-order valence-corrected chi connectivity index (χ4v) is 0.937. The van der Waals surface area contributed by atoms with Gasteiger partial charge in [0.2, 0.25) is 0 Å². The molecule has 0 amide bonds. The summed E-state index contributed by atoms with van der Waals surface area (Å²) in [7, 11) is 1.29. The Morgan fingerprint density at radius 3 is 2.08 bits per heavy atom. The van der Waals surface area contributed by atoms with Gasteiger partial charge in [-0.25, -0.2) is 0 Å².